The molecule has 6 nitrogen and oxygen atoms in total. The third-order valence-corrected chi connectivity index (χ3v) is 6.28. The lowest BCUT2D eigenvalue weighted by molar-refractivity contribution is 0.0595. The van der Waals surface area contributed by atoms with Crippen LogP contribution in [0.5, 0.6) is 0 Å². The third kappa shape index (κ3) is 5.43. The van der Waals surface area contributed by atoms with E-state index in [0.717, 1.165) is 30.6 Å². The molecule has 0 aliphatic carbocycles. The maximum absolute atomic E-state index is 13.4. The van der Waals surface area contributed by atoms with Crippen LogP contribution >= 0.6 is 11.6 Å². The lowest BCUT2D eigenvalue weighted by Crippen LogP contribution is -2.27. The summed E-state index contributed by atoms with van der Waals surface area (Å²) in [5.74, 6) is 0.134. The molecular weight excluding hydrogens is 443 g/mol. The topological polar surface area (TPSA) is 59.4 Å². The molecule has 1 N–H and O–H groups in total. The van der Waals surface area contributed by atoms with Gasteiger partial charge in [0.15, 0.2) is 0 Å². The number of halogens is 2. The Bertz CT molecular complexity index is 1130. The fraction of sp³-hybridized carbons (Fsp3) is 0.360. The highest BCUT2D eigenvalue weighted by Gasteiger charge is 2.18. The lowest BCUT2D eigenvalue weighted by Gasteiger charge is -2.25. The van der Waals surface area contributed by atoms with Gasteiger partial charge in [-0.2, -0.15) is 9.78 Å². The molecular formula is C25H28ClFN4O2. The molecule has 1 fully saturated rings. The molecule has 1 aliphatic rings. The molecule has 1 aromatic heterocycles. The van der Waals surface area contributed by atoms with Gasteiger partial charge in [0.1, 0.15) is 10.8 Å². The minimum atomic E-state index is -0.378. The molecule has 2 atom stereocenters. The quantitative estimate of drug-likeness (QED) is 0.550. The summed E-state index contributed by atoms with van der Waals surface area (Å²) in [6, 6.07) is 14.0. The standard InChI is InChI=1S/C25H28ClFN4O2/c1-30(2)24(18-5-9-20(27)10-6-18)19-7-11-21(12-8-19)31-25(32)23(26)22(15-29-31)28-14-17-4-3-13-33-16-17/h5-12,15,17,24,28H,3-4,13-14,16H2,1-2H3/t17-,24?/m1/s1. The highest BCUT2D eigenvalue weighted by Crippen LogP contribution is 2.28. The molecule has 3 aromatic rings. The van der Waals surface area contributed by atoms with E-state index >= 15 is 0 Å². The predicted octanol–water partition coefficient (Wildman–Crippen LogP) is 4.51. The molecule has 0 spiro atoms. The van der Waals surface area contributed by atoms with Crippen molar-refractivity contribution in [2.24, 2.45) is 5.92 Å². The molecule has 1 unspecified atom stereocenters. The molecule has 0 radical (unpaired) electrons. The normalized spacial score (nSPS) is 17.2. The van der Waals surface area contributed by atoms with Crippen LogP contribution in [0.1, 0.15) is 30.0 Å². The van der Waals surface area contributed by atoms with Crippen LogP contribution in [0.4, 0.5) is 10.1 Å². The number of anilines is 1. The maximum atomic E-state index is 13.4. The zero-order valence-corrected chi connectivity index (χ0v) is 19.6. The number of benzene rings is 2. The zero-order chi connectivity index (χ0) is 23.4. The average Bonchev–Trinajstić information content (AvgIpc) is 2.82. The first-order chi connectivity index (χ1) is 15.9. The number of ether oxygens (including phenoxy) is 1. The first-order valence-electron chi connectivity index (χ1n) is 11.1. The average molecular weight is 471 g/mol. The first-order valence-corrected chi connectivity index (χ1v) is 11.4. The minimum absolute atomic E-state index is 0.0525. The molecule has 1 aliphatic heterocycles. The molecule has 0 saturated carbocycles. The molecule has 174 valence electrons. The second-order valence-corrected chi connectivity index (χ2v) is 8.94. The molecule has 4 rings (SSSR count). The van der Waals surface area contributed by atoms with E-state index in [9.17, 15) is 9.18 Å². The van der Waals surface area contributed by atoms with Crippen LogP contribution in [0, 0.1) is 11.7 Å². The smallest absolute Gasteiger partial charge is 0.292 e. The number of nitrogens with zero attached hydrogens (tertiary/aromatic N) is 3. The van der Waals surface area contributed by atoms with E-state index in [1.165, 1.54) is 16.8 Å². The Balaban J connectivity index is 1.53. The van der Waals surface area contributed by atoms with Crippen LogP contribution < -0.4 is 10.9 Å². The van der Waals surface area contributed by atoms with Crippen molar-refractivity contribution in [2.75, 3.05) is 39.2 Å². The lowest BCUT2D eigenvalue weighted by atomic mass is 9.97. The Hall–Kier alpha value is -2.74. The molecule has 0 amide bonds. The van der Waals surface area contributed by atoms with Crippen molar-refractivity contribution in [2.45, 2.75) is 18.9 Å². The Morgan fingerprint density at radius 2 is 1.85 bits per heavy atom. The molecule has 33 heavy (non-hydrogen) atoms. The Kier molecular flexibility index (Phi) is 7.42. The van der Waals surface area contributed by atoms with Crippen LogP contribution in [0.3, 0.4) is 0 Å². The van der Waals surface area contributed by atoms with Gasteiger partial charge in [0.05, 0.1) is 30.2 Å². The number of nitrogens with one attached hydrogen (secondary N) is 1. The SMILES string of the molecule is CN(C)C(c1ccc(F)cc1)c1ccc(-n2ncc(NC[C@H]3CCCOC3)c(Cl)c2=O)cc1. The van der Waals surface area contributed by atoms with Crippen molar-refractivity contribution in [1.82, 2.24) is 14.7 Å². The van der Waals surface area contributed by atoms with E-state index in [0.29, 0.717) is 30.4 Å². The number of aromatic nitrogens is 2. The second kappa shape index (κ2) is 10.5. The van der Waals surface area contributed by atoms with E-state index in [1.54, 1.807) is 18.3 Å². The third-order valence-electron chi connectivity index (χ3n) is 5.91. The minimum Gasteiger partial charge on any atom is -0.382 e. The van der Waals surface area contributed by atoms with Crippen molar-refractivity contribution >= 4 is 17.3 Å². The molecule has 2 aromatic carbocycles. The van der Waals surface area contributed by atoms with E-state index in [-0.39, 0.29) is 22.4 Å². The van der Waals surface area contributed by atoms with Crippen LogP contribution in [0.15, 0.2) is 59.5 Å². The second-order valence-electron chi connectivity index (χ2n) is 8.56. The zero-order valence-electron chi connectivity index (χ0n) is 18.8. The Morgan fingerprint density at radius 3 is 2.45 bits per heavy atom. The van der Waals surface area contributed by atoms with E-state index in [1.807, 2.05) is 38.4 Å². The summed E-state index contributed by atoms with van der Waals surface area (Å²) in [5.41, 5.74) is 2.77. The summed E-state index contributed by atoms with van der Waals surface area (Å²) in [5, 5.41) is 7.68. The highest BCUT2D eigenvalue weighted by atomic mass is 35.5. The summed E-state index contributed by atoms with van der Waals surface area (Å²) < 4.78 is 20.2. The van der Waals surface area contributed by atoms with Crippen LogP contribution in [0.2, 0.25) is 5.02 Å². The summed E-state index contributed by atoms with van der Waals surface area (Å²) in [6.45, 7) is 2.22. The number of rotatable bonds is 7. The molecule has 0 bridgehead atoms. The van der Waals surface area contributed by atoms with E-state index in [2.05, 4.69) is 15.3 Å². The first kappa shape index (κ1) is 23.4. The molecule has 8 heteroatoms. The largest absolute Gasteiger partial charge is 0.382 e. The fourth-order valence-corrected chi connectivity index (χ4v) is 4.39. The van der Waals surface area contributed by atoms with Gasteiger partial charge in [0, 0.05) is 13.2 Å². The van der Waals surface area contributed by atoms with Crippen molar-refractivity contribution in [3.63, 3.8) is 0 Å². The van der Waals surface area contributed by atoms with Crippen LogP contribution in [0.25, 0.3) is 5.69 Å². The van der Waals surface area contributed by atoms with Gasteiger partial charge in [-0.1, -0.05) is 35.9 Å². The van der Waals surface area contributed by atoms with E-state index in [4.69, 9.17) is 16.3 Å². The monoisotopic (exact) mass is 470 g/mol. The van der Waals surface area contributed by atoms with Crippen LogP contribution in [-0.4, -0.2) is 48.5 Å². The van der Waals surface area contributed by atoms with Crippen LogP contribution in [-0.2, 0) is 4.74 Å². The molecule has 2 heterocycles. The Labute approximate surface area is 197 Å². The van der Waals surface area contributed by atoms with Gasteiger partial charge >= 0.3 is 0 Å². The fourth-order valence-electron chi connectivity index (χ4n) is 4.19. The van der Waals surface area contributed by atoms with Gasteiger partial charge < -0.3 is 10.1 Å². The Morgan fingerprint density at radius 1 is 1.18 bits per heavy atom. The van der Waals surface area contributed by atoms with Gasteiger partial charge in [-0.3, -0.25) is 9.69 Å². The van der Waals surface area contributed by atoms with Gasteiger partial charge in [0.2, 0.25) is 0 Å². The van der Waals surface area contributed by atoms with Gasteiger partial charge in [-0.25, -0.2) is 4.39 Å². The van der Waals surface area contributed by atoms with Gasteiger partial charge in [0.25, 0.3) is 5.56 Å². The van der Waals surface area contributed by atoms with Crippen molar-refractivity contribution < 1.29 is 9.13 Å². The summed E-state index contributed by atoms with van der Waals surface area (Å²) in [4.78, 5) is 14.9. The van der Waals surface area contributed by atoms with Gasteiger partial charge in [-0.05, 0) is 68.2 Å². The summed E-state index contributed by atoms with van der Waals surface area (Å²) >= 11 is 6.38. The van der Waals surface area contributed by atoms with Crippen molar-refractivity contribution in [3.8, 4) is 5.69 Å². The predicted molar refractivity (Wildman–Crippen MR) is 129 cm³/mol. The maximum Gasteiger partial charge on any atom is 0.292 e. The van der Waals surface area contributed by atoms with Crippen molar-refractivity contribution in [1.29, 1.82) is 0 Å². The number of hydrogen-bond acceptors (Lipinski definition) is 5. The molecule has 1 saturated heterocycles. The number of hydrogen-bond donors (Lipinski definition) is 1. The van der Waals surface area contributed by atoms with Gasteiger partial charge in [-0.15, -0.1) is 0 Å². The summed E-state index contributed by atoms with van der Waals surface area (Å²) in [7, 11) is 3.94. The van der Waals surface area contributed by atoms with Crippen molar-refractivity contribution in [3.05, 3.63) is 87.0 Å². The van der Waals surface area contributed by atoms with E-state index < -0.39 is 0 Å². The highest BCUT2D eigenvalue weighted by molar-refractivity contribution is 6.32. The summed E-state index contributed by atoms with van der Waals surface area (Å²) in [6.07, 6.45) is 3.72.